The van der Waals surface area contributed by atoms with Gasteiger partial charge in [0.25, 0.3) is 0 Å². The normalized spacial score (nSPS) is 10.7. The van der Waals surface area contributed by atoms with Crippen molar-refractivity contribution in [1.82, 2.24) is 0 Å². The van der Waals surface area contributed by atoms with Crippen LogP contribution in [0.2, 0.25) is 0 Å². The highest BCUT2D eigenvalue weighted by Crippen LogP contribution is 2.28. The summed E-state index contributed by atoms with van der Waals surface area (Å²) in [5, 5.41) is 9.28. The van der Waals surface area contributed by atoms with Crippen molar-refractivity contribution in [2.24, 2.45) is 0 Å². The van der Waals surface area contributed by atoms with E-state index in [4.69, 9.17) is 9.78 Å². The first-order valence-corrected chi connectivity index (χ1v) is 10.9. The quantitative estimate of drug-likeness (QED) is 0.151. The molecule has 1 aromatic carbocycles. The van der Waals surface area contributed by atoms with Gasteiger partial charge in [0.1, 0.15) is 0 Å². The van der Waals surface area contributed by atoms with E-state index in [-0.39, 0.29) is 11.1 Å². The van der Waals surface area contributed by atoms with Crippen molar-refractivity contribution in [2.45, 2.75) is 45.4 Å². The molecule has 134 valence electrons. The first-order valence-electron chi connectivity index (χ1n) is 7.64. The Morgan fingerprint density at radius 2 is 1.58 bits per heavy atom. The molecule has 5 nitrogen and oxygen atoms in total. The molecule has 1 aromatic rings. The summed E-state index contributed by atoms with van der Waals surface area (Å²) < 4.78 is 1.59. The molecule has 0 fully saturated rings. The second kappa shape index (κ2) is 11.8. The maximum absolute atomic E-state index is 12.2. The molecule has 0 radical (unpaired) electrons. The fourth-order valence-corrected chi connectivity index (χ4v) is 6.32. The van der Waals surface area contributed by atoms with Crippen LogP contribution >= 0.6 is 67.8 Å². The van der Waals surface area contributed by atoms with E-state index < -0.39 is 11.9 Å². The van der Waals surface area contributed by atoms with Crippen molar-refractivity contribution in [1.29, 1.82) is 0 Å². The summed E-state index contributed by atoms with van der Waals surface area (Å²) in [7, 11) is 0. The third-order valence-corrected chi connectivity index (χ3v) is 6.08. The lowest BCUT2D eigenvalue weighted by Crippen LogP contribution is -2.15. The van der Waals surface area contributed by atoms with Crippen LogP contribution < -0.4 is 0 Å². The van der Waals surface area contributed by atoms with Crippen molar-refractivity contribution in [3.63, 3.8) is 0 Å². The van der Waals surface area contributed by atoms with E-state index in [0.717, 1.165) is 19.3 Å². The van der Waals surface area contributed by atoms with Gasteiger partial charge in [0.15, 0.2) is 0 Å². The number of hydrogen-bond acceptors (Lipinski definition) is 4. The van der Waals surface area contributed by atoms with Crippen LogP contribution in [-0.2, 0) is 9.78 Å². The second-order valence-corrected chi connectivity index (χ2v) is 8.57. The molecule has 0 aliphatic heterocycles. The molecule has 0 aromatic heterocycles. The number of carbonyl (C=O) groups is 2. The van der Waals surface area contributed by atoms with Crippen LogP contribution in [0.5, 0.6) is 0 Å². The van der Waals surface area contributed by atoms with E-state index in [2.05, 4.69) is 6.92 Å². The van der Waals surface area contributed by atoms with Gasteiger partial charge in [-0.3, -0.25) is 4.89 Å². The number of rotatable bonds is 10. The van der Waals surface area contributed by atoms with E-state index in [0.29, 0.717) is 17.3 Å². The molecule has 0 spiro atoms. The third-order valence-electron chi connectivity index (χ3n) is 3.30. The van der Waals surface area contributed by atoms with Crippen LogP contribution in [0, 0.1) is 10.7 Å². The van der Waals surface area contributed by atoms with Gasteiger partial charge in [-0.15, -0.1) is 0 Å². The van der Waals surface area contributed by atoms with Gasteiger partial charge in [0.05, 0.1) is 17.7 Å². The molecule has 0 atom stereocenters. The van der Waals surface area contributed by atoms with Gasteiger partial charge < -0.3 is 5.11 Å². The number of benzene rings is 1. The maximum atomic E-state index is 12.2. The zero-order valence-electron chi connectivity index (χ0n) is 13.2. The summed E-state index contributed by atoms with van der Waals surface area (Å²) in [6.45, 7) is 2.52. The molecule has 0 saturated carbocycles. The molecular formula is C16H19I3O5. The third kappa shape index (κ3) is 6.90. The van der Waals surface area contributed by atoms with Gasteiger partial charge in [-0.05, 0) is 80.3 Å². The highest BCUT2D eigenvalue weighted by Gasteiger charge is 2.24. The summed E-state index contributed by atoms with van der Waals surface area (Å²) in [4.78, 5) is 33.4. The fraction of sp³-hybridized carbons (Fsp3) is 0.500. The fourth-order valence-electron chi connectivity index (χ4n) is 2.05. The van der Waals surface area contributed by atoms with E-state index in [1.807, 2.05) is 67.8 Å². The molecule has 8 heteroatoms. The molecule has 1 rings (SSSR count). The molecule has 0 saturated heterocycles. The lowest BCUT2D eigenvalue weighted by Gasteiger charge is -2.11. The SMILES string of the molecule is CCCCCCCCOOC(=O)c1c(I)cc(I)c(C(=O)O)c1I. The molecule has 24 heavy (non-hydrogen) atoms. The van der Waals surface area contributed by atoms with Crippen LogP contribution in [0.3, 0.4) is 0 Å². The molecule has 1 N–H and O–H groups in total. The number of hydrogen-bond donors (Lipinski definition) is 1. The zero-order valence-corrected chi connectivity index (χ0v) is 19.7. The van der Waals surface area contributed by atoms with Crippen molar-refractivity contribution >= 4 is 79.7 Å². The largest absolute Gasteiger partial charge is 0.478 e. The van der Waals surface area contributed by atoms with Gasteiger partial charge in [-0.1, -0.05) is 39.0 Å². The van der Waals surface area contributed by atoms with Crippen molar-refractivity contribution < 1.29 is 24.5 Å². The van der Waals surface area contributed by atoms with Gasteiger partial charge in [-0.2, -0.15) is 4.89 Å². The number of carboxylic acid groups (broad SMARTS) is 1. The molecule has 0 unspecified atom stereocenters. The van der Waals surface area contributed by atoms with Crippen molar-refractivity contribution in [3.05, 3.63) is 27.9 Å². The minimum absolute atomic E-state index is 0.111. The predicted octanol–water partition coefficient (Wildman–Crippen LogP) is 5.65. The van der Waals surface area contributed by atoms with Crippen molar-refractivity contribution in [2.75, 3.05) is 6.61 Å². The average Bonchev–Trinajstić information content (AvgIpc) is 2.48. The van der Waals surface area contributed by atoms with E-state index in [1.165, 1.54) is 19.3 Å². The van der Waals surface area contributed by atoms with Crippen molar-refractivity contribution in [3.8, 4) is 0 Å². The first kappa shape index (κ1) is 22.4. The second-order valence-electron chi connectivity index (χ2n) is 5.17. The average molecular weight is 672 g/mol. The van der Waals surface area contributed by atoms with Gasteiger partial charge in [-0.25, -0.2) is 9.59 Å². The highest BCUT2D eigenvalue weighted by molar-refractivity contribution is 14.1. The number of carboxylic acids is 1. The van der Waals surface area contributed by atoms with Gasteiger partial charge >= 0.3 is 11.9 Å². The van der Waals surface area contributed by atoms with Crippen LogP contribution in [0.1, 0.15) is 66.2 Å². The summed E-state index contributed by atoms with van der Waals surface area (Å²) in [6, 6.07) is 1.65. The van der Waals surface area contributed by atoms with Crippen LogP contribution in [0.25, 0.3) is 0 Å². The summed E-state index contributed by atoms with van der Waals surface area (Å²) in [5.74, 6) is -1.73. The van der Waals surface area contributed by atoms with E-state index in [9.17, 15) is 14.7 Å². The summed E-state index contributed by atoms with van der Waals surface area (Å²) in [6.07, 6.45) is 6.69. The lowest BCUT2D eigenvalue weighted by molar-refractivity contribution is -0.241. The molecule has 0 bridgehead atoms. The number of unbranched alkanes of at least 4 members (excludes halogenated alkanes) is 5. The molecule has 0 amide bonds. The number of halogens is 3. The Bertz CT molecular complexity index is 590. The Morgan fingerprint density at radius 1 is 1.00 bits per heavy atom. The first-order chi connectivity index (χ1) is 11.4. The lowest BCUT2D eigenvalue weighted by atomic mass is 10.1. The Hall–Kier alpha value is 0.310. The molecule has 0 aliphatic rings. The Balaban J connectivity index is 2.57. The minimum Gasteiger partial charge on any atom is -0.478 e. The Morgan fingerprint density at radius 3 is 2.21 bits per heavy atom. The van der Waals surface area contributed by atoms with Crippen LogP contribution in [-0.4, -0.2) is 23.7 Å². The summed E-state index contributed by atoms with van der Waals surface area (Å²) >= 11 is 5.80. The Kier molecular flexibility index (Phi) is 11.0. The predicted molar refractivity (Wildman–Crippen MR) is 116 cm³/mol. The van der Waals surface area contributed by atoms with E-state index >= 15 is 0 Å². The topological polar surface area (TPSA) is 72.8 Å². The number of aromatic carboxylic acids is 1. The highest BCUT2D eigenvalue weighted by atomic mass is 127. The monoisotopic (exact) mass is 672 g/mol. The molecule has 0 aliphatic carbocycles. The smallest absolute Gasteiger partial charge is 0.375 e. The maximum Gasteiger partial charge on any atom is 0.375 e. The Labute approximate surface area is 182 Å². The standard InChI is InChI=1S/C16H19I3O5/c1-2-3-4-5-6-7-8-23-24-16(22)13-11(18)9-10(17)12(14(13)19)15(20)21/h9H,2-8H2,1H3,(H,20,21). The summed E-state index contributed by atoms with van der Waals surface area (Å²) in [5.41, 5.74) is 0.344. The van der Waals surface area contributed by atoms with Gasteiger partial charge in [0, 0.05) is 10.7 Å². The van der Waals surface area contributed by atoms with Crippen LogP contribution in [0.4, 0.5) is 0 Å². The van der Waals surface area contributed by atoms with Crippen LogP contribution in [0.15, 0.2) is 6.07 Å². The van der Waals surface area contributed by atoms with E-state index in [1.54, 1.807) is 6.07 Å². The van der Waals surface area contributed by atoms with Gasteiger partial charge in [0.2, 0.25) is 0 Å². The molecule has 0 heterocycles. The molecular weight excluding hydrogens is 653 g/mol. The number of carbonyl (C=O) groups excluding carboxylic acids is 1. The zero-order chi connectivity index (χ0) is 18.1. The minimum atomic E-state index is -1.07.